The van der Waals surface area contributed by atoms with Crippen LogP contribution in [0.5, 0.6) is 0 Å². The van der Waals surface area contributed by atoms with Crippen molar-refractivity contribution in [2.45, 2.75) is 38.4 Å². The van der Waals surface area contributed by atoms with Crippen molar-refractivity contribution < 1.29 is 9.18 Å². The summed E-state index contributed by atoms with van der Waals surface area (Å²) in [7, 11) is 1.89. The predicted octanol–water partition coefficient (Wildman–Crippen LogP) is 2.76. The number of hydrogen-bond donors (Lipinski definition) is 1. The Hall–Kier alpha value is -3.00. The highest BCUT2D eigenvalue weighted by atomic mass is 19.1. The molecule has 0 bridgehead atoms. The molecule has 1 N–H and O–H groups in total. The fourth-order valence-corrected chi connectivity index (χ4v) is 3.87. The van der Waals surface area contributed by atoms with Gasteiger partial charge >= 0.3 is 0 Å². The van der Waals surface area contributed by atoms with E-state index in [0.717, 1.165) is 38.2 Å². The third-order valence-electron chi connectivity index (χ3n) is 5.80. The highest BCUT2D eigenvalue weighted by Crippen LogP contribution is 2.23. The maximum Gasteiger partial charge on any atom is 0.243 e. The Balaban J connectivity index is 1.31. The molecule has 1 aliphatic rings. The molecule has 0 aliphatic carbocycles. The van der Waals surface area contributed by atoms with Crippen LogP contribution in [-0.4, -0.2) is 49.3 Å². The minimum absolute atomic E-state index is 0.0209. The van der Waals surface area contributed by atoms with Crippen LogP contribution < -0.4 is 5.32 Å². The summed E-state index contributed by atoms with van der Waals surface area (Å²) in [5, 5.41) is 7.65. The molecule has 1 fully saturated rings. The number of nitrogens with one attached hydrogen (secondary N) is 1. The van der Waals surface area contributed by atoms with Crippen molar-refractivity contribution in [1.82, 2.24) is 29.5 Å². The summed E-state index contributed by atoms with van der Waals surface area (Å²) < 4.78 is 17.7. The average molecular weight is 410 g/mol. The Morgan fingerprint density at radius 2 is 2.07 bits per heavy atom. The van der Waals surface area contributed by atoms with Crippen LogP contribution in [0.4, 0.5) is 4.39 Å². The van der Waals surface area contributed by atoms with Crippen LogP contribution in [0.1, 0.15) is 31.5 Å². The first kappa shape index (κ1) is 20.3. The van der Waals surface area contributed by atoms with Crippen molar-refractivity contribution in [1.29, 1.82) is 0 Å². The van der Waals surface area contributed by atoms with Gasteiger partial charge in [0.2, 0.25) is 5.91 Å². The molecule has 0 saturated carbocycles. The molecule has 4 rings (SSSR count). The van der Waals surface area contributed by atoms with E-state index in [2.05, 4.69) is 20.3 Å². The Bertz CT molecular complexity index is 991. The molecule has 3 aromatic rings. The lowest BCUT2D eigenvalue weighted by molar-refractivity contribution is -0.124. The maximum atomic E-state index is 14.1. The van der Waals surface area contributed by atoms with Gasteiger partial charge in [-0.3, -0.25) is 14.4 Å². The Labute approximate surface area is 175 Å². The number of benzene rings is 1. The molecule has 1 atom stereocenters. The zero-order chi connectivity index (χ0) is 21.1. The lowest BCUT2D eigenvalue weighted by Crippen LogP contribution is -2.46. The molecule has 1 unspecified atom stereocenters. The molecule has 7 nitrogen and oxygen atoms in total. The Kier molecular flexibility index (Phi) is 5.94. The van der Waals surface area contributed by atoms with Crippen LogP contribution in [0, 0.1) is 5.82 Å². The van der Waals surface area contributed by atoms with Crippen LogP contribution in [0.3, 0.4) is 0 Å². The van der Waals surface area contributed by atoms with Gasteiger partial charge in [-0.05, 0) is 38.0 Å². The zero-order valence-electron chi connectivity index (χ0n) is 17.3. The van der Waals surface area contributed by atoms with E-state index in [1.807, 2.05) is 30.8 Å². The first-order valence-corrected chi connectivity index (χ1v) is 10.3. The van der Waals surface area contributed by atoms with Gasteiger partial charge in [0, 0.05) is 50.7 Å². The van der Waals surface area contributed by atoms with Gasteiger partial charge in [-0.15, -0.1) is 0 Å². The van der Waals surface area contributed by atoms with Crippen molar-refractivity contribution >= 4 is 5.91 Å². The summed E-state index contributed by atoms with van der Waals surface area (Å²) in [5.74, 6) is -0.240. The Morgan fingerprint density at radius 3 is 2.77 bits per heavy atom. The summed E-state index contributed by atoms with van der Waals surface area (Å²) in [6.45, 7) is 4.42. The third-order valence-corrected chi connectivity index (χ3v) is 5.80. The van der Waals surface area contributed by atoms with Crippen molar-refractivity contribution in [3.05, 3.63) is 60.6 Å². The normalized spacial score (nSPS) is 16.5. The van der Waals surface area contributed by atoms with Crippen molar-refractivity contribution in [3.8, 4) is 11.3 Å². The molecule has 3 heterocycles. The van der Waals surface area contributed by atoms with E-state index in [4.69, 9.17) is 0 Å². The number of piperidine rings is 1. The van der Waals surface area contributed by atoms with Crippen molar-refractivity contribution in [2.24, 2.45) is 7.05 Å². The first-order valence-electron chi connectivity index (χ1n) is 10.3. The van der Waals surface area contributed by atoms with E-state index in [-0.39, 0.29) is 23.8 Å². The molecule has 1 aromatic carbocycles. The van der Waals surface area contributed by atoms with E-state index in [1.54, 1.807) is 35.4 Å². The molecule has 1 aliphatic heterocycles. The number of hydrogen-bond acceptors (Lipinski definition) is 4. The number of carbonyl (C=O) groups is 1. The quantitative estimate of drug-likeness (QED) is 0.679. The van der Waals surface area contributed by atoms with E-state index in [0.29, 0.717) is 11.3 Å². The number of imidazole rings is 1. The van der Waals surface area contributed by atoms with Crippen LogP contribution in [0.15, 0.2) is 49.1 Å². The number of halogens is 1. The summed E-state index contributed by atoms with van der Waals surface area (Å²) in [5.41, 5.74) is 2.22. The van der Waals surface area contributed by atoms with Crippen molar-refractivity contribution in [3.63, 3.8) is 0 Å². The molecule has 158 valence electrons. The second-order valence-corrected chi connectivity index (χ2v) is 7.87. The molecular formula is C22H27FN6O. The molecular weight excluding hydrogens is 383 g/mol. The fraction of sp³-hybridized carbons (Fsp3) is 0.409. The molecule has 8 heteroatoms. The van der Waals surface area contributed by atoms with Gasteiger partial charge in [-0.25, -0.2) is 9.37 Å². The van der Waals surface area contributed by atoms with E-state index >= 15 is 0 Å². The molecule has 0 radical (unpaired) electrons. The van der Waals surface area contributed by atoms with E-state index in [1.165, 1.54) is 6.07 Å². The second-order valence-electron chi connectivity index (χ2n) is 7.87. The summed E-state index contributed by atoms with van der Waals surface area (Å²) >= 11 is 0. The third kappa shape index (κ3) is 4.43. The molecule has 0 spiro atoms. The smallest absolute Gasteiger partial charge is 0.243 e. The van der Waals surface area contributed by atoms with Crippen LogP contribution >= 0.6 is 0 Å². The van der Waals surface area contributed by atoms with Gasteiger partial charge < -0.3 is 9.88 Å². The lowest BCUT2D eigenvalue weighted by atomic mass is 10.0. The predicted molar refractivity (Wildman–Crippen MR) is 112 cm³/mol. The topological polar surface area (TPSA) is 68.0 Å². The fourth-order valence-electron chi connectivity index (χ4n) is 3.87. The molecule has 30 heavy (non-hydrogen) atoms. The first-order chi connectivity index (χ1) is 14.5. The number of aromatic nitrogens is 4. The standard InChI is InChI=1S/C22H27FN6O/c1-16(29-12-9-24-15-29)22(30)25-17-7-10-28(11-8-17)14-18-13-21(26-27(18)2)19-5-3-4-6-20(19)23/h3-6,9,12-13,15-17H,7-8,10-11,14H2,1-2H3,(H,25,30). The minimum atomic E-state index is -0.267. The largest absolute Gasteiger partial charge is 0.351 e. The van der Waals surface area contributed by atoms with Crippen LogP contribution in [0.25, 0.3) is 11.3 Å². The number of amides is 1. The van der Waals surface area contributed by atoms with Gasteiger partial charge in [-0.1, -0.05) is 12.1 Å². The minimum Gasteiger partial charge on any atom is -0.351 e. The van der Waals surface area contributed by atoms with E-state index in [9.17, 15) is 9.18 Å². The monoisotopic (exact) mass is 410 g/mol. The second kappa shape index (κ2) is 8.79. The number of carbonyl (C=O) groups excluding carboxylic acids is 1. The van der Waals surface area contributed by atoms with Crippen LogP contribution in [0.2, 0.25) is 0 Å². The average Bonchev–Trinajstić information content (AvgIpc) is 3.40. The number of rotatable bonds is 6. The number of nitrogens with zero attached hydrogens (tertiary/aromatic N) is 5. The highest BCUT2D eigenvalue weighted by molar-refractivity contribution is 5.80. The summed E-state index contributed by atoms with van der Waals surface area (Å²) in [6, 6.07) is 8.58. The van der Waals surface area contributed by atoms with Gasteiger partial charge in [0.05, 0.1) is 17.7 Å². The Morgan fingerprint density at radius 1 is 1.30 bits per heavy atom. The lowest BCUT2D eigenvalue weighted by Gasteiger charge is -2.32. The summed E-state index contributed by atoms with van der Waals surface area (Å²) in [6.07, 6.45) is 6.95. The van der Waals surface area contributed by atoms with Gasteiger partial charge in [0.25, 0.3) is 0 Å². The molecule has 1 amide bonds. The highest BCUT2D eigenvalue weighted by Gasteiger charge is 2.24. The van der Waals surface area contributed by atoms with E-state index < -0.39 is 0 Å². The SMILES string of the molecule is CC(C(=O)NC1CCN(Cc2cc(-c3ccccc3F)nn2C)CC1)n1ccnc1. The summed E-state index contributed by atoms with van der Waals surface area (Å²) in [4.78, 5) is 18.8. The van der Waals surface area contributed by atoms with Gasteiger partial charge in [0.15, 0.2) is 0 Å². The molecule has 1 saturated heterocycles. The number of aryl methyl sites for hydroxylation is 1. The number of likely N-dealkylation sites (tertiary alicyclic amines) is 1. The zero-order valence-corrected chi connectivity index (χ0v) is 17.3. The van der Waals surface area contributed by atoms with Gasteiger partial charge in [0.1, 0.15) is 11.9 Å². The van der Waals surface area contributed by atoms with Gasteiger partial charge in [-0.2, -0.15) is 5.10 Å². The molecule has 2 aromatic heterocycles. The van der Waals surface area contributed by atoms with Crippen molar-refractivity contribution in [2.75, 3.05) is 13.1 Å². The maximum absolute atomic E-state index is 14.1. The van der Waals surface area contributed by atoms with Crippen LogP contribution in [-0.2, 0) is 18.4 Å².